The van der Waals surface area contributed by atoms with Gasteiger partial charge in [0.05, 0.1) is 18.8 Å². The number of nitrogens with one attached hydrogen (secondary N) is 1. The van der Waals surface area contributed by atoms with E-state index in [0.717, 1.165) is 0 Å². The Bertz CT molecular complexity index is 674. The van der Waals surface area contributed by atoms with Crippen molar-refractivity contribution in [2.24, 2.45) is 0 Å². The molecule has 3 rings (SSSR count). The number of Topliss-reactive ketones (excluding diaryl/α,β-unsaturated/α-hetero) is 1. The maximum absolute atomic E-state index is 13.1. The standard InChI is InChI=1S/C14H13FN2O3/c15-9-1-2-10-11(8-16-12(10)7-9)13(18)14(19)17-3-5-20-6-4-17/h1-2,7-8,16H,3-6H2. The number of aromatic amines is 1. The number of carbonyl (C=O) groups is 2. The van der Waals surface area contributed by atoms with Gasteiger partial charge in [-0.2, -0.15) is 0 Å². The summed E-state index contributed by atoms with van der Waals surface area (Å²) >= 11 is 0. The van der Waals surface area contributed by atoms with Gasteiger partial charge in [0, 0.05) is 30.2 Å². The average molecular weight is 276 g/mol. The molecule has 1 aliphatic rings. The summed E-state index contributed by atoms with van der Waals surface area (Å²) in [5, 5.41) is 0.554. The lowest BCUT2D eigenvalue weighted by Gasteiger charge is -2.25. The third-order valence-electron chi connectivity index (χ3n) is 3.38. The zero-order valence-electron chi connectivity index (χ0n) is 10.7. The van der Waals surface area contributed by atoms with E-state index in [1.807, 2.05) is 0 Å². The number of H-pyrrole nitrogens is 1. The number of halogens is 1. The summed E-state index contributed by atoms with van der Waals surface area (Å²) < 4.78 is 18.3. The number of carbonyl (C=O) groups excluding carboxylic acids is 2. The number of fused-ring (bicyclic) bond motifs is 1. The van der Waals surface area contributed by atoms with Crippen LogP contribution in [0.1, 0.15) is 10.4 Å². The highest BCUT2D eigenvalue weighted by molar-refractivity contribution is 6.44. The van der Waals surface area contributed by atoms with Gasteiger partial charge in [0.15, 0.2) is 0 Å². The first-order valence-electron chi connectivity index (χ1n) is 6.35. The molecular formula is C14H13FN2O3. The summed E-state index contributed by atoms with van der Waals surface area (Å²) in [6.45, 7) is 1.72. The van der Waals surface area contributed by atoms with E-state index in [0.29, 0.717) is 37.2 Å². The Morgan fingerprint density at radius 1 is 1.25 bits per heavy atom. The second-order valence-corrected chi connectivity index (χ2v) is 4.63. The van der Waals surface area contributed by atoms with Crippen molar-refractivity contribution < 1.29 is 18.7 Å². The van der Waals surface area contributed by atoms with E-state index in [-0.39, 0.29) is 5.56 Å². The maximum atomic E-state index is 13.1. The Kier molecular flexibility index (Phi) is 3.23. The number of rotatable bonds is 2. The minimum Gasteiger partial charge on any atom is -0.378 e. The predicted octanol–water partition coefficient (Wildman–Crippen LogP) is 1.35. The Morgan fingerprint density at radius 2 is 2.00 bits per heavy atom. The number of benzene rings is 1. The van der Waals surface area contributed by atoms with Crippen LogP contribution < -0.4 is 0 Å². The predicted molar refractivity (Wildman–Crippen MR) is 70.0 cm³/mol. The number of nitrogens with zero attached hydrogens (tertiary/aromatic N) is 1. The highest BCUT2D eigenvalue weighted by Gasteiger charge is 2.26. The summed E-state index contributed by atoms with van der Waals surface area (Å²) in [6, 6.07) is 4.07. The van der Waals surface area contributed by atoms with Gasteiger partial charge >= 0.3 is 0 Å². The molecule has 1 saturated heterocycles. The quantitative estimate of drug-likeness (QED) is 0.665. The lowest BCUT2D eigenvalue weighted by molar-refractivity contribution is -0.130. The summed E-state index contributed by atoms with van der Waals surface area (Å²) in [7, 11) is 0. The maximum Gasteiger partial charge on any atom is 0.295 e. The molecule has 1 aromatic heterocycles. The molecule has 104 valence electrons. The fourth-order valence-corrected chi connectivity index (χ4v) is 2.31. The van der Waals surface area contributed by atoms with Crippen LogP contribution in [0.5, 0.6) is 0 Å². The van der Waals surface area contributed by atoms with E-state index < -0.39 is 17.5 Å². The molecule has 0 spiro atoms. The van der Waals surface area contributed by atoms with Crippen molar-refractivity contribution in [3.05, 3.63) is 35.8 Å². The third-order valence-corrected chi connectivity index (χ3v) is 3.38. The van der Waals surface area contributed by atoms with Crippen LogP contribution in [0.15, 0.2) is 24.4 Å². The van der Waals surface area contributed by atoms with Gasteiger partial charge < -0.3 is 14.6 Å². The van der Waals surface area contributed by atoms with Gasteiger partial charge in [-0.3, -0.25) is 9.59 Å². The molecule has 6 heteroatoms. The molecule has 1 amide bonds. The SMILES string of the molecule is O=C(C(=O)N1CCOCC1)c1c[nH]c2cc(F)ccc12. The van der Waals surface area contributed by atoms with Crippen molar-refractivity contribution >= 4 is 22.6 Å². The van der Waals surface area contributed by atoms with Gasteiger partial charge in [0.2, 0.25) is 0 Å². The molecule has 0 saturated carbocycles. The lowest BCUT2D eigenvalue weighted by Crippen LogP contribution is -2.44. The molecule has 1 N–H and O–H groups in total. The molecule has 0 atom stereocenters. The highest BCUT2D eigenvalue weighted by Crippen LogP contribution is 2.20. The Labute approximate surface area is 114 Å². The summed E-state index contributed by atoms with van der Waals surface area (Å²) in [5.74, 6) is -1.51. The summed E-state index contributed by atoms with van der Waals surface area (Å²) in [6.07, 6.45) is 1.45. The average Bonchev–Trinajstić information content (AvgIpc) is 2.89. The zero-order chi connectivity index (χ0) is 14.1. The van der Waals surface area contributed by atoms with Gasteiger partial charge in [-0.25, -0.2) is 4.39 Å². The van der Waals surface area contributed by atoms with E-state index in [1.165, 1.54) is 29.3 Å². The molecular weight excluding hydrogens is 263 g/mol. The van der Waals surface area contributed by atoms with E-state index >= 15 is 0 Å². The molecule has 20 heavy (non-hydrogen) atoms. The highest BCUT2D eigenvalue weighted by atomic mass is 19.1. The first kappa shape index (κ1) is 12.8. The monoisotopic (exact) mass is 276 g/mol. The summed E-state index contributed by atoms with van der Waals surface area (Å²) in [5.41, 5.74) is 0.777. The number of hydrogen-bond donors (Lipinski definition) is 1. The molecule has 1 aliphatic heterocycles. The number of ether oxygens (including phenoxy) is 1. The normalized spacial score (nSPS) is 15.6. The summed E-state index contributed by atoms with van der Waals surface area (Å²) in [4.78, 5) is 28.7. The number of hydrogen-bond acceptors (Lipinski definition) is 3. The smallest absolute Gasteiger partial charge is 0.295 e. The second-order valence-electron chi connectivity index (χ2n) is 4.63. The molecule has 0 radical (unpaired) electrons. The van der Waals surface area contributed by atoms with Crippen LogP contribution in [0.4, 0.5) is 4.39 Å². The number of aromatic nitrogens is 1. The van der Waals surface area contributed by atoms with Crippen molar-refractivity contribution in [1.82, 2.24) is 9.88 Å². The number of morpholine rings is 1. The van der Waals surface area contributed by atoms with Crippen LogP contribution in [-0.4, -0.2) is 47.9 Å². The molecule has 1 aromatic carbocycles. The fraction of sp³-hybridized carbons (Fsp3) is 0.286. The molecule has 2 heterocycles. The van der Waals surface area contributed by atoms with Gasteiger partial charge in [-0.1, -0.05) is 0 Å². The van der Waals surface area contributed by atoms with Gasteiger partial charge in [0.25, 0.3) is 11.7 Å². The molecule has 0 bridgehead atoms. The minimum absolute atomic E-state index is 0.275. The first-order valence-corrected chi connectivity index (χ1v) is 6.35. The Morgan fingerprint density at radius 3 is 2.75 bits per heavy atom. The van der Waals surface area contributed by atoms with Crippen LogP contribution in [-0.2, 0) is 9.53 Å². The van der Waals surface area contributed by atoms with E-state index in [1.54, 1.807) is 0 Å². The van der Waals surface area contributed by atoms with Crippen molar-refractivity contribution in [1.29, 1.82) is 0 Å². The van der Waals surface area contributed by atoms with Crippen LogP contribution >= 0.6 is 0 Å². The van der Waals surface area contributed by atoms with Crippen LogP contribution in [0.25, 0.3) is 10.9 Å². The van der Waals surface area contributed by atoms with Crippen LogP contribution in [0, 0.1) is 5.82 Å². The van der Waals surface area contributed by atoms with Crippen molar-refractivity contribution in [3.8, 4) is 0 Å². The minimum atomic E-state index is -0.579. The number of amides is 1. The van der Waals surface area contributed by atoms with Crippen LogP contribution in [0.3, 0.4) is 0 Å². The van der Waals surface area contributed by atoms with Crippen molar-refractivity contribution in [2.45, 2.75) is 0 Å². The first-order chi connectivity index (χ1) is 9.66. The zero-order valence-corrected chi connectivity index (χ0v) is 10.7. The largest absolute Gasteiger partial charge is 0.378 e. The topological polar surface area (TPSA) is 62.4 Å². The fourth-order valence-electron chi connectivity index (χ4n) is 2.31. The number of ketones is 1. The van der Waals surface area contributed by atoms with E-state index in [4.69, 9.17) is 4.74 Å². The molecule has 0 unspecified atom stereocenters. The molecule has 2 aromatic rings. The molecule has 0 aliphatic carbocycles. The molecule has 1 fully saturated rings. The van der Waals surface area contributed by atoms with E-state index in [2.05, 4.69) is 4.98 Å². The van der Waals surface area contributed by atoms with Gasteiger partial charge in [-0.15, -0.1) is 0 Å². The molecule has 5 nitrogen and oxygen atoms in total. The van der Waals surface area contributed by atoms with Crippen LogP contribution in [0.2, 0.25) is 0 Å². The third kappa shape index (κ3) is 2.18. The Balaban J connectivity index is 1.90. The van der Waals surface area contributed by atoms with Crippen molar-refractivity contribution in [2.75, 3.05) is 26.3 Å². The van der Waals surface area contributed by atoms with Gasteiger partial charge in [0.1, 0.15) is 5.82 Å². The van der Waals surface area contributed by atoms with E-state index in [9.17, 15) is 14.0 Å². The van der Waals surface area contributed by atoms with Crippen molar-refractivity contribution in [3.63, 3.8) is 0 Å². The Hall–Kier alpha value is -2.21. The van der Waals surface area contributed by atoms with Gasteiger partial charge in [-0.05, 0) is 18.2 Å². The lowest BCUT2D eigenvalue weighted by atomic mass is 10.1. The second kappa shape index (κ2) is 5.05.